The van der Waals surface area contributed by atoms with Crippen molar-refractivity contribution < 1.29 is 4.39 Å². The van der Waals surface area contributed by atoms with Crippen molar-refractivity contribution in [3.8, 4) is 0 Å². The summed E-state index contributed by atoms with van der Waals surface area (Å²) in [4.78, 5) is 12.2. The van der Waals surface area contributed by atoms with E-state index in [0.29, 0.717) is 5.95 Å². The number of likely N-dealkylation sites (N-methyl/N-ethyl adjacent to an activating group) is 1. The Morgan fingerprint density at radius 1 is 1.12 bits per heavy atom. The van der Waals surface area contributed by atoms with Crippen molar-refractivity contribution in [1.82, 2.24) is 29.8 Å². The Morgan fingerprint density at radius 3 is 2.46 bits per heavy atom. The lowest BCUT2D eigenvalue weighted by atomic mass is 9.96. The Bertz CT molecular complexity index is 924. The van der Waals surface area contributed by atoms with Crippen molar-refractivity contribution >= 4 is 17.4 Å². The Hall–Kier alpha value is -2.84. The first-order valence-electron chi connectivity index (χ1n) is 8.51. The van der Waals surface area contributed by atoms with E-state index in [0.717, 1.165) is 30.4 Å². The standard InChI is InChI=1S/C17H21FN8/c1-17(2,3)15-22-21-13-5-6-14(23-26(13)15)25-9-12(10-25)24(4)16-19-7-11(18)8-20-16/h5-8,12H,9-10H2,1-4H3. The molecule has 4 rings (SSSR count). The van der Waals surface area contributed by atoms with E-state index in [2.05, 4.69) is 45.8 Å². The van der Waals surface area contributed by atoms with E-state index in [1.807, 2.05) is 28.6 Å². The van der Waals surface area contributed by atoms with Crippen molar-refractivity contribution in [2.45, 2.75) is 32.2 Å². The molecule has 4 heterocycles. The lowest BCUT2D eigenvalue weighted by Crippen LogP contribution is -2.59. The van der Waals surface area contributed by atoms with Gasteiger partial charge in [0.25, 0.3) is 0 Å². The molecule has 0 aromatic carbocycles. The second-order valence-electron chi connectivity index (χ2n) is 7.61. The van der Waals surface area contributed by atoms with Gasteiger partial charge in [-0.1, -0.05) is 20.8 Å². The second-order valence-corrected chi connectivity index (χ2v) is 7.61. The van der Waals surface area contributed by atoms with Gasteiger partial charge in [0.05, 0.1) is 18.4 Å². The fourth-order valence-electron chi connectivity index (χ4n) is 2.95. The first-order valence-corrected chi connectivity index (χ1v) is 8.51. The van der Waals surface area contributed by atoms with Gasteiger partial charge in [0, 0.05) is 25.6 Å². The largest absolute Gasteiger partial charge is 0.351 e. The highest BCUT2D eigenvalue weighted by Gasteiger charge is 2.33. The fourth-order valence-corrected chi connectivity index (χ4v) is 2.95. The summed E-state index contributed by atoms with van der Waals surface area (Å²) in [5, 5.41) is 13.2. The van der Waals surface area contributed by atoms with Gasteiger partial charge in [0.2, 0.25) is 5.95 Å². The minimum Gasteiger partial charge on any atom is -0.351 e. The number of halogens is 1. The molecule has 26 heavy (non-hydrogen) atoms. The van der Waals surface area contributed by atoms with Gasteiger partial charge in [-0.15, -0.1) is 15.3 Å². The van der Waals surface area contributed by atoms with Crippen molar-refractivity contribution in [3.63, 3.8) is 0 Å². The van der Waals surface area contributed by atoms with Gasteiger partial charge in [0.15, 0.2) is 17.3 Å². The summed E-state index contributed by atoms with van der Waals surface area (Å²) in [7, 11) is 1.92. The molecule has 136 valence electrons. The van der Waals surface area contributed by atoms with Crippen LogP contribution in [0.15, 0.2) is 24.5 Å². The van der Waals surface area contributed by atoms with Gasteiger partial charge in [-0.2, -0.15) is 4.52 Å². The van der Waals surface area contributed by atoms with Crippen LogP contribution in [0.3, 0.4) is 0 Å². The topological polar surface area (TPSA) is 75.3 Å². The molecule has 8 nitrogen and oxygen atoms in total. The number of nitrogens with zero attached hydrogens (tertiary/aromatic N) is 8. The third-order valence-corrected chi connectivity index (χ3v) is 4.58. The number of fused-ring (bicyclic) bond motifs is 1. The summed E-state index contributed by atoms with van der Waals surface area (Å²) in [6, 6.07) is 4.15. The van der Waals surface area contributed by atoms with Crippen molar-refractivity contribution in [2.24, 2.45) is 0 Å². The van der Waals surface area contributed by atoms with Crippen LogP contribution in [0.1, 0.15) is 26.6 Å². The monoisotopic (exact) mass is 356 g/mol. The van der Waals surface area contributed by atoms with Gasteiger partial charge in [-0.05, 0) is 12.1 Å². The molecule has 0 saturated carbocycles. The SMILES string of the molecule is CN(c1ncc(F)cn1)C1CN(c2ccc3nnc(C(C)(C)C)n3n2)C1. The molecule has 0 spiro atoms. The highest BCUT2D eigenvalue weighted by Crippen LogP contribution is 2.25. The minimum absolute atomic E-state index is 0.136. The van der Waals surface area contributed by atoms with Crippen LogP contribution in [0.2, 0.25) is 0 Å². The molecule has 3 aromatic heterocycles. The summed E-state index contributed by atoms with van der Waals surface area (Å²) in [5.41, 5.74) is 0.607. The molecule has 1 aliphatic rings. The maximum absolute atomic E-state index is 13.0. The van der Waals surface area contributed by atoms with Gasteiger partial charge in [-0.3, -0.25) is 0 Å². The molecule has 0 unspecified atom stereocenters. The highest BCUT2D eigenvalue weighted by atomic mass is 19.1. The van der Waals surface area contributed by atoms with Crippen LogP contribution in [-0.4, -0.2) is 56.0 Å². The van der Waals surface area contributed by atoms with E-state index in [9.17, 15) is 4.39 Å². The third kappa shape index (κ3) is 2.83. The zero-order valence-electron chi connectivity index (χ0n) is 15.3. The Morgan fingerprint density at radius 2 is 1.81 bits per heavy atom. The van der Waals surface area contributed by atoms with Crippen molar-refractivity contribution in [3.05, 3.63) is 36.2 Å². The molecule has 0 radical (unpaired) electrons. The third-order valence-electron chi connectivity index (χ3n) is 4.58. The lowest BCUT2D eigenvalue weighted by Gasteiger charge is -2.44. The van der Waals surface area contributed by atoms with Crippen LogP contribution >= 0.6 is 0 Å². The predicted octanol–water partition coefficient (Wildman–Crippen LogP) is 1.68. The zero-order chi connectivity index (χ0) is 18.5. The number of hydrogen-bond donors (Lipinski definition) is 0. The van der Waals surface area contributed by atoms with E-state index < -0.39 is 5.82 Å². The molecule has 0 amide bonds. The molecule has 0 bridgehead atoms. The number of aromatic nitrogens is 6. The van der Waals surface area contributed by atoms with Crippen LogP contribution in [0.25, 0.3) is 5.65 Å². The van der Waals surface area contributed by atoms with Gasteiger partial charge in [-0.25, -0.2) is 14.4 Å². The highest BCUT2D eigenvalue weighted by molar-refractivity contribution is 5.50. The average molecular weight is 356 g/mol. The van der Waals surface area contributed by atoms with Crippen LogP contribution in [0, 0.1) is 5.82 Å². The van der Waals surface area contributed by atoms with Gasteiger partial charge in [0.1, 0.15) is 5.82 Å². The maximum Gasteiger partial charge on any atom is 0.225 e. The molecule has 1 saturated heterocycles. The van der Waals surface area contributed by atoms with Crippen molar-refractivity contribution in [1.29, 1.82) is 0 Å². The second kappa shape index (κ2) is 5.86. The first kappa shape index (κ1) is 16.6. The quantitative estimate of drug-likeness (QED) is 0.707. The van der Waals surface area contributed by atoms with E-state index >= 15 is 0 Å². The smallest absolute Gasteiger partial charge is 0.225 e. The predicted molar refractivity (Wildman–Crippen MR) is 95.9 cm³/mol. The molecule has 1 fully saturated rings. The van der Waals surface area contributed by atoms with Crippen LogP contribution in [0.4, 0.5) is 16.2 Å². The number of anilines is 2. The molecule has 0 atom stereocenters. The van der Waals surface area contributed by atoms with E-state index in [-0.39, 0.29) is 11.5 Å². The maximum atomic E-state index is 13.0. The summed E-state index contributed by atoms with van der Waals surface area (Å²) >= 11 is 0. The fraction of sp³-hybridized carbons (Fsp3) is 0.471. The normalized spacial score (nSPS) is 15.3. The zero-order valence-corrected chi connectivity index (χ0v) is 15.3. The lowest BCUT2D eigenvalue weighted by molar-refractivity contribution is 0.479. The molecular weight excluding hydrogens is 335 g/mol. The van der Waals surface area contributed by atoms with Crippen LogP contribution in [-0.2, 0) is 5.41 Å². The molecule has 1 aliphatic heterocycles. The van der Waals surface area contributed by atoms with E-state index in [4.69, 9.17) is 5.10 Å². The minimum atomic E-state index is -0.432. The molecule has 3 aromatic rings. The van der Waals surface area contributed by atoms with Crippen LogP contribution in [0.5, 0.6) is 0 Å². The van der Waals surface area contributed by atoms with Crippen molar-refractivity contribution in [2.75, 3.05) is 29.9 Å². The summed E-state index contributed by atoms with van der Waals surface area (Å²) < 4.78 is 14.8. The average Bonchev–Trinajstić information content (AvgIpc) is 2.97. The molecular formula is C17H21FN8. The summed E-state index contributed by atoms with van der Waals surface area (Å²) in [5.74, 6) is 1.81. The van der Waals surface area contributed by atoms with E-state index in [1.54, 1.807) is 0 Å². The summed E-state index contributed by atoms with van der Waals surface area (Å²) in [6.45, 7) is 7.87. The van der Waals surface area contributed by atoms with E-state index in [1.165, 1.54) is 12.4 Å². The number of hydrogen-bond acceptors (Lipinski definition) is 7. The van der Waals surface area contributed by atoms with Crippen LogP contribution < -0.4 is 9.80 Å². The van der Waals surface area contributed by atoms with Gasteiger partial charge >= 0.3 is 0 Å². The molecule has 0 N–H and O–H groups in total. The van der Waals surface area contributed by atoms with Gasteiger partial charge < -0.3 is 9.80 Å². The Balaban J connectivity index is 1.51. The summed E-state index contributed by atoms with van der Waals surface area (Å²) in [6.07, 6.45) is 2.37. The molecule has 9 heteroatoms. The first-order chi connectivity index (χ1) is 12.3. The Kier molecular flexibility index (Phi) is 3.74. The molecule has 0 aliphatic carbocycles. The Labute approximate surface area is 150 Å². The number of rotatable bonds is 3.